The zero-order chi connectivity index (χ0) is 15.8. The lowest BCUT2D eigenvalue weighted by atomic mass is 9.79. The zero-order valence-electron chi connectivity index (χ0n) is 14.3. The van der Waals surface area contributed by atoms with Gasteiger partial charge in [-0.15, -0.1) is 0 Å². The summed E-state index contributed by atoms with van der Waals surface area (Å²) in [5.74, 6) is 0.428. The second-order valence-corrected chi connectivity index (χ2v) is 7.99. The van der Waals surface area contributed by atoms with Crippen molar-refractivity contribution >= 4 is 5.69 Å². The summed E-state index contributed by atoms with van der Waals surface area (Å²) >= 11 is 0. The smallest absolute Gasteiger partial charge is 0.142 e. The van der Waals surface area contributed by atoms with Gasteiger partial charge in [-0.25, -0.2) is 0 Å². The molecule has 0 spiro atoms. The maximum atomic E-state index is 10.8. The van der Waals surface area contributed by atoms with E-state index in [1.807, 2.05) is 0 Å². The summed E-state index contributed by atoms with van der Waals surface area (Å²) in [7, 11) is 0. The van der Waals surface area contributed by atoms with Gasteiger partial charge in [-0.1, -0.05) is 47.6 Å². The molecule has 1 aromatic carbocycles. The van der Waals surface area contributed by atoms with Crippen LogP contribution in [-0.2, 0) is 15.6 Å². The molecule has 0 aliphatic carbocycles. The highest BCUT2D eigenvalue weighted by Crippen LogP contribution is 2.41. The third-order valence-corrected chi connectivity index (χ3v) is 4.12. The van der Waals surface area contributed by atoms with Gasteiger partial charge in [0, 0.05) is 18.7 Å². The highest BCUT2D eigenvalue weighted by atomic mass is 16.5. The van der Waals surface area contributed by atoms with Crippen molar-refractivity contribution in [2.45, 2.75) is 52.4 Å². The van der Waals surface area contributed by atoms with Crippen LogP contribution in [0.1, 0.15) is 52.7 Å². The Hall–Kier alpha value is -1.22. The second kappa shape index (κ2) is 5.53. The average molecular weight is 291 g/mol. The monoisotopic (exact) mass is 291 g/mol. The Morgan fingerprint density at radius 1 is 0.952 bits per heavy atom. The molecule has 21 heavy (non-hydrogen) atoms. The number of benzene rings is 1. The molecule has 1 fully saturated rings. The van der Waals surface area contributed by atoms with Crippen LogP contribution in [0.25, 0.3) is 0 Å². The van der Waals surface area contributed by atoms with Crippen LogP contribution >= 0.6 is 0 Å². The third-order valence-electron chi connectivity index (χ3n) is 4.12. The van der Waals surface area contributed by atoms with E-state index in [0.29, 0.717) is 5.75 Å². The van der Waals surface area contributed by atoms with Gasteiger partial charge in [0.25, 0.3) is 0 Å². The van der Waals surface area contributed by atoms with Crippen molar-refractivity contribution < 1.29 is 9.84 Å². The first-order chi connectivity index (χ1) is 9.60. The topological polar surface area (TPSA) is 32.7 Å². The normalized spacial score (nSPS) is 17.1. The molecule has 1 N–H and O–H groups in total. The van der Waals surface area contributed by atoms with Crippen molar-refractivity contribution in [1.29, 1.82) is 0 Å². The summed E-state index contributed by atoms with van der Waals surface area (Å²) in [4.78, 5) is 2.24. The standard InChI is InChI=1S/C18H29NO2/c1-17(2,3)13-11-14(18(4,5)6)16(20)15(12-13)19-7-9-21-10-8-19/h11-12,20H,7-10H2,1-6H3. The summed E-state index contributed by atoms with van der Waals surface area (Å²) in [6, 6.07) is 4.31. The van der Waals surface area contributed by atoms with Crippen LogP contribution in [-0.4, -0.2) is 31.4 Å². The first kappa shape index (κ1) is 16.2. The molecule has 0 saturated carbocycles. The van der Waals surface area contributed by atoms with Gasteiger partial charge in [-0.2, -0.15) is 0 Å². The van der Waals surface area contributed by atoms with E-state index in [2.05, 4.69) is 58.6 Å². The molecule has 0 aromatic heterocycles. The predicted molar refractivity (Wildman–Crippen MR) is 88.5 cm³/mol. The van der Waals surface area contributed by atoms with E-state index in [-0.39, 0.29) is 10.8 Å². The van der Waals surface area contributed by atoms with Gasteiger partial charge in [0.1, 0.15) is 5.75 Å². The lowest BCUT2D eigenvalue weighted by molar-refractivity contribution is 0.122. The van der Waals surface area contributed by atoms with E-state index in [1.54, 1.807) is 0 Å². The fourth-order valence-corrected chi connectivity index (χ4v) is 2.67. The minimum absolute atomic E-state index is 0.0642. The van der Waals surface area contributed by atoms with Crippen LogP contribution in [0.4, 0.5) is 5.69 Å². The molecule has 1 aliphatic heterocycles. The number of phenols is 1. The van der Waals surface area contributed by atoms with Crippen LogP contribution in [0.3, 0.4) is 0 Å². The molecule has 1 aromatic rings. The van der Waals surface area contributed by atoms with E-state index in [9.17, 15) is 5.11 Å². The van der Waals surface area contributed by atoms with Crippen LogP contribution in [0.5, 0.6) is 5.75 Å². The molecule has 0 radical (unpaired) electrons. The number of hydrogen-bond donors (Lipinski definition) is 1. The first-order valence-corrected chi connectivity index (χ1v) is 7.81. The van der Waals surface area contributed by atoms with E-state index in [0.717, 1.165) is 37.6 Å². The van der Waals surface area contributed by atoms with Gasteiger partial charge in [0.2, 0.25) is 0 Å². The summed E-state index contributed by atoms with van der Waals surface area (Å²) < 4.78 is 5.43. The Bertz CT molecular complexity index is 503. The third kappa shape index (κ3) is 3.52. The molecule has 2 rings (SSSR count). The molecule has 0 amide bonds. The van der Waals surface area contributed by atoms with Crippen LogP contribution in [0, 0.1) is 0 Å². The van der Waals surface area contributed by atoms with Crippen LogP contribution < -0.4 is 4.90 Å². The predicted octanol–water partition coefficient (Wildman–Crippen LogP) is 3.82. The number of anilines is 1. The minimum Gasteiger partial charge on any atom is -0.505 e. The highest BCUT2D eigenvalue weighted by molar-refractivity contribution is 5.65. The molecule has 118 valence electrons. The maximum Gasteiger partial charge on any atom is 0.142 e. The van der Waals surface area contributed by atoms with Crippen molar-refractivity contribution in [1.82, 2.24) is 0 Å². The molecule has 1 heterocycles. The molecule has 3 nitrogen and oxygen atoms in total. The zero-order valence-corrected chi connectivity index (χ0v) is 14.3. The maximum absolute atomic E-state index is 10.8. The number of nitrogens with zero attached hydrogens (tertiary/aromatic N) is 1. The van der Waals surface area contributed by atoms with Crippen molar-refractivity contribution in [3.63, 3.8) is 0 Å². The van der Waals surface area contributed by atoms with Gasteiger partial charge in [-0.3, -0.25) is 0 Å². The van der Waals surface area contributed by atoms with Gasteiger partial charge < -0.3 is 14.7 Å². The molecule has 1 aliphatic rings. The number of hydrogen-bond acceptors (Lipinski definition) is 3. The number of aromatic hydroxyl groups is 1. The average Bonchev–Trinajstić information content (AvgIpc) is 2.37. The fraction of sp³-hybridized carbons (Fsp3) is 0.667. The Labute approximate surface area is 128 Å². The van der Waals surface area contributed by atoms with Crippen molar-refractivity contribution in [2.75, 3.05) is 31.2 Å². The van der Waals surface area contributed by atoms with E-state index in [4.69, 9.17) is 4.74 Å². The van der Waals surface area contributed by atoms with Gasteiger partial charge in [0.05, 0.1) is 18.9 Å². The lowest BCUT2D eigenvalue weighted by Crippen LogP contribution is -2.36. The van der Waals surface area contributed by atoms with Gasteiger partial charge in [-0.05, 0) is 22.5 Å². The molecule has 0 unspecified atom stereocenters. The summed E-state index contributed by atoms with van der Waals surface area (Å²) in [5, 5.41) is 10.8. The largest absolute Gasteiger partial charge is 0.505 e. The molecule has 0 bridgehead atoms. The summed E-state index contributed by atoms with van der Waals surface area (Å²) in [6.45, 7) is 16.2. The Balaban J connectivity index is 2.57. The van der Waals surface area contributed by atoms with Crippen molar-refractivity contribution in [2.24, 2.45) is 0 Å². The Morgan fingerprint density at radius 3 is 2.00 bits per heavy atom. The molecular weight excluding hydrogens is 262 g/mol. The Morgan fingerprint density at radius 2 is 1.52 bits per heavy atom. The van der Waals surface area contributed by atoms with Gasteiger partial charge in [0.15, 0.2) is 0 Å². The summed E-state index contributed by atoms with van der Waals surface area (Å²) in [6.07, 6.45) is 0. The van der Waals surface area contributed by atoms with Crippen LogP contribution in [0.2, 0.25) is 0 Å². The fourth-order valence-electron chi connectivity index (χ4n) is 2.67. The highest BCUT2D eigenvalue weighted by Gasteiger charge is 2.27. The van der Waals surface area contributed by atoms with Gasteiger partial charge >= 0.3 is 0 Å². The molecule has 3 heteroatoms. The number of morpholine rings is 1. The van der Waals surface area contributed by atoms with E-state index >= 15 is 0 Å². The minimum atomic E-state index is -0.0770. The number of rotatable bonds is 1. The molecule has 1 saturated heterocycles. The molecule has 0 atom stereocenters. The van der Waals surface area contributed by atoms with Crippen LogP contribution in [0.15, 0.2) is 12.1 Å². The first-order valence-electron chi connectivity index (χ1n) is 7.81. The molecular formula is C18H29NO2. The quantitative estimate of drug-likeness (QED) is 0.853. The lowest BCUT2D eigenvalue weighted by Gasteiger charge is -2.34. The van der Waals surface area contributed by atoms with Crippen molar-refractivity contribution in [3.05, 3.63) is 23.3 Å². The summed E-state index contributed by atoms with van der Waals surface area (Å²) in [5.41, 5.74) is 3.24. The van der Waals surface area contributed by atoms with E-state index < -0.39 is 0 Å². The second-order valence-electron chi connectivity index (χ2n) is 7.99. The Kier molecular flexibility index (Phi) is 4.25. The van der Waals surface area contributed by atoms with E-state index in [1.165, 1.54) is 5.56 Å². The number of ether oxygens (including phenoxy) is 1. The van der Waals surface area contributed by atoms with Crippen molar-refractivity contribution in [3.8, 4) is 5.75 Å². The SMILES string of the molecule is CC(C)(C)c1cc(N2CCOCC2)c(O)c(C(C)(C)C)c1. The number of phenolic OH excluding ortho intramolecular Hbond substituents is 1.